The summed E-state index contributed by atoms with van der Waals surface area (Å²) in [6.45, 7) is 4.29. The van der Waals surface area contributed by atoms with Crippen LogP contribution in [0, 0.1) is 0 Å². The van der Waals surface area contributed by atoms with Crippen LogP contribution in [-0.2, 0) is 0 Å². The third-order valence-corrected chi connectivity index (χ3v) is 3.26. The summed E-state index contributed by atoms with van der Waals surface area (Å²) in [6, 6.07) is 4.83. The highest BCUT2D eigenvalue weighted by Gasteiger charge is 2.21. The molecule has 0 aliphatic rings. The summed E-state index contributed by atoms with van der Waals surface area (Å²) in [7, 11) is 0. The Morgan fingerprint density at radius 3 is 2.44 bits per heavy atom. The molecule has 0 heterocycles. The van der Waals surface area contributed by atoms with Crippen molar-refractivity contribution in [3.63, 3.8) is 0 Å². The van der Waals surface area contributed by atoms with Crippen LogP contribution in [0.5, 0.6) is 0 Å². The molecule has 0 aliphatic heterocycles. The van der Waals surface area contributed by atoms with E-state index in [0.29, 0.717) is 36.3 Å². The maximum Gasteiger partial charge on any atom is 0.248 e. The molecule has 0 spiro atoms. The zero-order valence-electron chi connectivity index (χ0n) is 10.9. The zero-order chi connectivity index (χ0) is 13.8. The highest BCUT2D eigenvalue weighted by atomic mass is 16.3. The van der Waals surface area contributed by atoms with Crippen molar-refractivity contribution in [3.8, 4) is 0 Å². The Hall–Kier alpha value is -1.75. The third kappa shape index (κ3) is 3.37. The van der Waals surface area contributed by atoms with Gasteiger partial charge in [0.15, 0.2) is 0 Å². The number of amides is 1. The highest BCUT2D eigenvalue weighted by Crippen LogP contribution is 2.22. The number of rotatable bonds is 6. The van der Waals surface area contributed by atoms with Crippen LogP contribution < -0.4 is 16.8 Å². The number of hydrogen-bond donors (Lipinski definition) is 4. The van der Waals surface area contributed by atoms with Gasteiger partial charge in [-0.05, 0) is 31.0 Å². The lowest BCUT2D eigenvalue weighted by Crippen LogP contribution is -2.35. The first-order valence-corrected chi connectivity index (χ1v) is 6.07. The number of carbonyl (C=O) groups excluding carboxylic acids is 1. The van der Waals surface area contributed by atoms with Crippen LogP contribution >= 0.6 is 0 Å². The van der Waals surface area contributed by atoms with Gasteiger partial charge in [-0.3, -0.25) is 4.79 Å². The number of nitrogens with one attached hydrogen (secondary N) is 1. The fraction of sp³-hybridized carbons (Fsp3) is 0.462. The molecule has 1 aromatic rings. The second-order valence-electron chi connectivity index (χ2n) is 4.45. The molecule has 1 amide bonds. The number of benzene rings is 1. The summed E-state index contributed by atoms with van der Waals surface area (Å²) < 4.78 is 0. The predicted octanol–water partition coefficient (Wildman–Crippen LogP) is 1.33. The first-order chi connectivity index (χ1) is 8.41. The molecule has 0 saturated carbocycles. The third-order valence-electron chi connectivity index (χ3n) is 3.26. The Morgan fingerprint density at radius 1 is 1.39 bits per heavy atom. The fourth-order valence-corrected chi connectivity index (χ4v) is 1.64. The van der Waals surface area contributed by atoms with Crippen molar-refractivity contribution in [1.29, 1.82) is 0 Å². The molecule has 0 atom stereocenters. The first kappa shape index (κ1) is 14.3. The minimum Gasteiger partial charge on any atom is -0.397 e. The van der Waals surface area contributed by atoms with Gasteiger partial charge >= 0.3 is 0 Å². The number of nitrogens with two attached hydrogens (primary N) is 2. The number of carbonyl (C=O) groups is 1. The van der Waals surface area contributed by atoms with Crippen molar-refractivity contribution in [2.45, 2.75) is 32.3 Å². The topological polar surface area (TPSA) is 101 Å². The van der Waals surface area contributed by atoms with Gasteiger partial charge < -0.3 is 21.9 Å². The van der Waals surface area contributed by atoms with E-state index < -0.39 is 11.5 Å². The van der Waals surface area contributed by atoms with Crippen molar-refractivity contribution in [2.75, 3.05) is 17.6 Å². The smallest absolute Gasteiger partial charge is 0.248 e. The fourth-order valence-electron chi connectivity index (χ4n) is 1.64. The molecule has 0 bridgehead atoms. The second kappa shape index (κ2) is 5.73. The minimum absolute atomic E-state index is 0.374. The van der Waals surface area contributed by atoms with Crippen LogP contribution in [0.2, 0.25) is 0 Å². The number of hydrogen-bond acceptors (Lipinski definition) is 4. The van der Waals surface area contributed by atoms with E-state index in [-0.39, 0.29) is 0 Å². The SMILES string of the molecule is CCC(O)(CC)CNc1ccc(C(N)=O)cc1N. The molecule has 0 radical (unpaired) electrons. The van der Waals surface area contributed by atoms with Gasteiger partial charge in [0.25, 0.3) is 0 Å². The van der Waals surface area contributed by atoms with Gasteiger partial charge in [-0.1, -0.05) is 13.8 Å². The molecule has 0 aliphatic carbocycles. The molecule has 1 rings (SSSR count). The summed E-state index contributed by atoms with van der Waals surface area (Å²) in [4.78, 5) is 11.0. The van der Waals surface area contributed by atoms with E-state index in [1.54, 1.807) is 12.1 Å². The molecule has 6 N–H and O–H groups in total. The summed E-state index contributed by atoms with van der Waals surface area (Å²) in [6.07, 6.45) is 1.32. The predicted molar refractivity (Wildman–Crippen MR) is 73.4 cm³/mol. The van der Waals surface area contributed by atoms with Crippen LogP contribution in [0.1, 0.15) is 37.0 Å². The van der Waals surface area contributed by atoms with Crippen molar-refractivity contribution in [3.05, 3.63) is 23.8 Å². The Morgan fingerprint density at radius 2 is 2.00 bits per heavy atom. The summed E-state index contributed by atoms with van der Waals surface area (Å²) >= 11 is 0. The van der Waals surface area contributed by atoms with Crippen molar-refractivity contribution in [1.82, 2.24) is 0 Å². The average Bonchev–Trinajstić information content (AvgIpc) is 2.36. The molecule has 1 aromatic carbocycles. The second-order valence-corrected chi connectivity index (χ2v) is 4.45. The van der Waals surface area contributed by atoms with Gasteiger partial charge in [0, 0.05) is 12.1 Å². The Labute approximate surface area is 107 Å². The lowest BCUT2D eigenvalue weighted by molar-refractivity contribution is 0.0457. The van der Waals surface area contributed by atoms with Gasteiger partial charge in [-0.25, -0.2) is 0 Å². The molecule has 100 valence electrons. The quantitative estimate of drug-likeness (QED) is 0.573. The summed E-state index contributed by atoms with van der Waals surface area (Å²) in [5.74, 6) is -0.508. The van der Waals surface area contributed by atoms with Gasteiger partial charge in [0.2, 0.25) is 5.91 Å². The maximum absolute atomic E-state index is 11.0. The highest BCUT2D eigenvalue weighted by molar-refractivity contribution is 5.94. The molecular weight excluding hydrogens is 230 g/mol. The molecule has 0 fully saturated rings. The molecule has 5 heteroatoms. The van der Waals surface area contributed by atoms with E-state index in [9.17, 15) is 9.90 Å². The van der Waals surface area contributed by atoms with E-state index in [0.717, 1.165) is 0 Å². The van der Waals surface area contributed by atoms with E-state index in [1.165, 1.54) is 6.07 Å². The number of anilines is 2. The molecule has 18 heavy (non-hydrogen) atoms. The molecular formula is C13H21N3O2. The number of primary amides is 1. The standard InChI is InChI=1S/C13H21N3O2/c1-3-13(18,4-2)8-16-11-6-5-9(12(15)17)7-10(11)14/h5-7,16,18H,3-4,8,14H2,1-2H3,(H2,15,17). The first-order valence-electron chi connectivity index (χ1n) is 6.07. The Bertz CT molecular complexity index is 428. The Balaban J connectivity index is 2.77. The lowest BCUT2D eigenvalue weighted by Gasteiger charge is -2.26. The van der Waals surface area contributed by atoms with Crippen LogP contribution in [0.15, 0.2) is 18.2 Å². The van der Waals surface area contributed by atoms with Crippen molar-refractivity contribution >= 4 is 17.3 Å². The van der Waals surface area contributed by atoms with Crippen LogP contribution in [-0.4, -0.2) is 23.2 Å². The van der Waals surface area contributed by atoms with Gasteiger partial charge in [-0.2, -0.15) is 0 Å². The van der Waals surface area contributed by atoms with Crippen LogP contribution in [0.4, 0.5) is 11.4 Å². The van der Waals surface area contributed by atoms with Gasteiger partial charge in [0.05, 0.1) is 17.0 Å². The van der Waals surface area contributed by atoms with E-state index in [4.69, 9.17) is 11.5 Å². The van der Waals surface area contributed by atoms with Gasteiger partial charge in [-0.15, -0.1) is 0 Å². The molecule has 5 nitrogen and oxygen atoms in total. The average molecular weight is 251 g/mol. The maximum atomic E-state index is 11.0. The van der Waals surface area contributed by atoms with Gasteiger partial charge in [0.1, 0.15) is 0 Å². The van der Waals surface area contributed by atoms with E-state index in [2.05, 4.69) is 5.32 Å². The summed E-state index contributed by atoms with van der Waals surface area (Å²) in [5.41, 5.74) is 11.8. The lowest BCUT2D eigenvalue weighted by atomic mass is 9.97. The normalized spacial score (nSPS) is 11.3. The van der Waals surface area contributed by atoms with Crippen LogP contribution in [0.3, 0.4) is 0 Å². The monoisotopic (exact) mass is 251 g/mol. The zero-order valence-corrected chi connectivity index (χ0v) is 10.9. The summed E-state index contributed by atoms with van der Waals surface area (Å²) in [5, 5.41) is 13.2. The largest absolute Gasteiger partial charge is 0.397 e. The number of nitrogen functional groups attached to an aromatic ring is 1. The van der Waals surface area contributed by atoms with E-state index in [1.807, 2.05) is 13.8 Å². The van der Waals surface area contributed by atoms with Crippen molar-refractivity contribution < 1.29 is 9.90 Å². The van der Waals surface area contributed by atoms with Crippen LogP contribution in [0.25, 0.3) is 0 Å². The minimum atomic E-state index is -0.741. The Kier molecular flexibility index (Phi) is 4.55. The number of aliphatic hydroxyl groups is 1. The molecule has 0 saturated heterocycles. The van der Waals surface area contributed by atoms with E-state index >= 15 is 0 Å². The van der Waals surface area contributed by atoms with Crippen molar-refractivity contribution in [2.24, 2.45) is 5.73 Å². The molecule has 0 unspecified atom stereocenters. The molecule has 0 aromatic heterocycles.